The van der Waals surface area contributed by atoms with Gasteiger partial charge in [0.1, 0.15) is 5.82 Å². The Bertz CT molecular complexity index is 608. The number of rotatable bonds is 4. The van der Waals surface area contributed by atoms with E-state index in [-0.39, 0.29) is 6.10 Å². The van der Waals surface area contributed by atoms with Gasteiger partial charge in [-0.3, -0.25) is 0 Å². The summed E-state index contributed by atoms with van der Waals surface area (Å²) in [6.45, 7) is 1.46. The van der Waals surface area contributed by atoms with Crippen LogP contribution in [0, 0.1) is 5.92 Å². The Morgan fingerprint density at radius 2 is 2.10 bits per heavy atom. The van der Waals surface area contributed by atoms with Crippen molar-refractivity contribution in [1.82, 2.24) is 4.98 Å². The van der Waals surface area contributed by atoms with Crippen molar-refractivity contribution in [2.75, 3.05) is 18.5 Å². The standard InChI is InChI=1S/C16H21N3O/c1-19(10-11-6-13(20)7-11)16-8-12(9-17)14-4-2-3-5-15(14)18-16/h2-5,8,11,13,20H,6-7,9-10,17H2,1H3. The molecule has 0 bridgehead atoms. The highest BCUT2D eigenvalue weighted by Gasteiger charge is 2.28. The number of para-hydroxylation sites is 1. The van der Waals surface area contributed by atoms with Gasteiger partial charge >= 0.3 is 0 Å². The first-order valence-corrected chi connectivity index (χ1v) is 7.15. The van der Waals surface area contributed by atoms with Crippen LogP contribution in [0.2, 0.25) is 0 Å². The van der Waals surface area contributed by atoms with Gasteiger partial charge in [-0.15, -0.1) is 0 Å². The van der Waals surface area contributed by atoms with Crippen LogP contribution in [0.4, 0.5) is 5.82 Å². The maximum absolute atomic E-state index is 9.37. The first-order chi connectivity index (χ1) is 9.67. The second kappa shape index (κ2) is 5.38. The fourth-order valence-corrected chi connectivity index (χ4v) is 2.93. The molecule has 3 N–H and O–H groups in total. The molecule has 0 atom stereocenters. The molecule has 0 radical (unpaired) electrons. The van der Waals surface area contributed by atoms with E-state index >= 15 is 0 Å². The number of aliphatic hydroxyl groups is 1. The Labute approximate surface area is 119 Å². The van der Waals surface area contributed by atoms with Crippen LogP contribution < -0.4 is 10.6 Å². The minimum atomic E-state index is -0.0995. The number of nitrogens with two attached hydrogens (primary N) is 1. The van der Waals surface area contributed by atoms with E-state index in [1.54, 1.807) is 0 Å². The minimum absolute atomic E-state index is 0.0995. The zero-order valence-corrected chi connectivity index (χ0v) is 11.8. The van der Waals surface area contributed by atoms with Crippen molar-refractivity contribution < 1.29 is 5.11 Å². The lowest BCUT2D eigenvalue weighted by Crippen LogP contribution is -2.37. The summed E-state index contributed by atoms with van der Waals surface area (Å²) in [7, 11) is 2.06. The number of nitrogens with zero attached hydrogens (tertiary/aromatic N) is 2. The van der Waals surface area contributed by atoms with Crippen molar-refractivity contribution in [3.63, 3.8) is 0 Å². The van der Waals surface area contributed by atoms with Crippen molar-refractivity contribution in [3.8, 4) is 0 Å². The Balaban J connectivity index is 1.87. The van der Waals surface area contributed by atoms with E-state index in [0.29, 0.717) is 12.5 Å². The Hall–Kier alpha value is -1.65. The maximum atomic E-state index is 9.37. The van der Waals surface area contributed by atoms with Gasteiger partial charge in [0.15, 0.2) is 0 Å². The molecule has 4 heteroatoms. The summed E-state index contributed by atoms with van der Waals surface area (Å²) in [5, 5.41) is 10.5. The van der Waals surface area contributed by atoms with Crippen LogP contribution in [-0.2, 0) is 6.54 Å². The van der Waals surface area contributed by atoms with Crippen LogP contribution in [0.15, 0.2) is 30.3 Å². The molecule has 106 valence electrons. The zero-order valence-electron chi connectivity index (χ0n) is 11.8. The summed E-state index contributed by atoms with van der Waals surface area (Å²) in [6.07, 6.45) is 1.71. The van der Waals surface area contributed by atoms with Gasteiger partial charge in [-0.25, -0.2) is 4.98 Å². The topological polar surface area (TPSA) is 62.4 Å². The molecule has 1 heterocycles. The first-order valence-electron chi connectivity index (χ1n) is 7.15. The number of hydrogen-bond acceptors (Lipinski definition) is 4. The molecule has 1 aliphatic carbocycles. The molecule has 0 amide bonds. The predicted octanol–water partition coefficient (Wildman–Crippen LogP) is 1.90. The smallest absolute Gasteiger partial charge is 0.129 e. The molecule has 2 aromatic rings. The molecular weight excluding hydrogens is 250 g/mol. The minimum Gasteiger partial charge on any atom is -0.393 e. The van der Waals surface area contributed by atoms with E-state index in [2.05, 4.69) is 24.1 Å². The molecule has 0 saturated heterocycles. The van der Waals surface area contributed by atoms with E-state index in [1.165, 1.54) is 0 Å². The third-order valence-corrected chi connectivity index (χ3v) is 4.14. The molecule has 0 aliphatic heterocycles. The molecule has 1 aromatic carbocycles. The number of anilines is 1. The Morgan fingerprint density at radius 3 is 2.80 bits per heavy atom. The lowest BCUT2D eigenvalue weighted by Gasteiger charge is -2.35. The summed E-state index contributed by atoms with van der Waals surface area (Å²) in [4.78, 5) is 6.89. The molecule has 0 spiro atoms. The molecule has 1 saturated carbocycles. The molecule has 1 aliphatic rings. The van der Waals surface area contributed by atoms with Gasteiger partial charge in [0.25, 0.3) is 0 Å². The van der Waals surface area contributed by atoms with Gasteiger partial charge in [0.2, 0.25) is 0 Å². The molecular formula is C16H21N3O. The van der Waals surface area contributed by atoms with Crippen LogP contribution in [-0.4, -0.2) is 29.8 Å². The van der Waals surface area contributed by atoms with E-state index in [4.69, 9.17) is 10.7 Å². The van der Waals surface area contributed by atoms with Crippen molar-refractivity contribution in [2.45, 2.75) is 25.5 Å². The average Bonchev–Trinajstić information content (AvgIpc) is 2.44. The largest absolute Gasteiger partial charge is 0.393 e. The maximum Gasteiger partial charge on any atom is 0.129 e. The molecule has 0 unspecified atom stereocenters. The number of benzene rings is 1. The highest BCUT2D eigenvalue weighted by atomic mass is 16.3. The monoisotopic (exact) mass is 271 g/mol. The van der Waals surface area contributed by atoms with Crippen molar-refractivity contribution >= 4 is 16.7 Å². The quantitative estimate of drug-likeness (QED) is 0.891. The Morgan fingerprint density at radius 1 is 1.35 bits per heavy atom. The third-order valence-electron chi connectivity index (χ3n) is 4.14. The summed E-state index contributed by atoms with van der Waals surface area (Å²) >= 11 is 0. The van der Waals surface area contributed by atoms with E-state index in [0.717, 1.165) is 41.7 Å². The second-order valence-corrected chi connectivity index (χ2v) is 5.73. The summed E-state index contributed by atoms with van der Waals surface area (Å²) < 4.78 is 0. The number of aromatic nitrogens is 1. The van der Waals surface area contributed by atoms with Gasteiger partial charge < -0.3 is 15.7 Å². The number of aliphatic hydroxyl groups excluding tert-OH is 1. The number of pyridine rings is 1. The predicted molar refractivity (Wildman–Crippen MR) is 81.6 cm³/mol. The summed E-state index contributed by atoms with van der Waals surface area (Å²) in [6, 6.07) is 10.2. The van der Waals surface area contributed by atoms with Crippen LogP contribution in [0.25, 0.3) is 10.9 Å². The zero-order chi connectivity index (χ0) is 14.1. The lowest BCUT2D eigenvalue weighted by molar-refractivity contribution is 0.0464. The fourth-order valence-electron chi connectivity index (χ4n) is 2.93. The average molecular weight is 271 g/mol. The van der Waals surface area contributed by atoms with E-state index in [9.17, 15) is 5.11 Å². The number of hydrogen-bond donors (Lipinski definition) is 2. The highest BCUT2D eigenvalue weighted by Crippen LogP contribution is 2.29. The molecule has 1 aromatic heterocycles. The van der Waals surface area contributed by atoms with Gasteiger partial charge in [0, 0.05) is 25.5 Å². The molecule has 3 rings (SSSR count). The molecule has 1 fully saturated rings. The first kappa shape index (κ1) is 13.3. The Kier molecular flexibility index (Phi) is 3.59. The van der Waals surface area contributed by atoms with E-state index in [1.807, 2.05) is 18.2 Å². The van der Waals surface area contributed by atoms with Crippen molar-refractivity contribution in [1.29, 1.82) is 0 Å². The molecule has 4 nitrogen and oxygen atoms in total. The van der Waals surface area contributed by atoms with Crippen LogP contribution in [0.1, 0.15) is 18.4 Å². The van der Waals surface area contributed by atoms with Crippen molar-refractivity contribution in [3.05, 3.63) is 35.9 Å². The fraction of sp³-hybridized carbons (Fsp3) is 0.438. The van der Waals surface area contributed by atoms with Crippen LogP contribution in [0.3, 0.4) is 0 Å². The summed E-state index contributed by atoms with van der Waals surface area (Å²) in [5.41, 5.74) is 7.98. The van der Waals surface area contributed by atoms with Gasteiger partial charge in [-0.1, -0.05) is 18.2 Å². The lowest BCUT2D eigenvalue weighted by atomic mass is 9.82. The normalized spacial score (nSPS) is 21.8. The van der Waals surface area contributed by atoms with Crippen LogP contribution in [0.5, 0.6) is 0 Å². The van der Waals surface area contributed by atoms with Gasteiger partial charge in [-0.05, 0) is 36.5 Å². The second-order valence-electron chi connectivity index (χ2n) is 5.73. The van der Waals surface area contributed by atoms with E-state index < -0.39 is 0 Å². The number of fused-ring (bicyclic) bond motifs is 1. The SMILES string of the molecule is CN(CC1CC(O)C1)c1cc(CN)c2ccccc2n1. The third kappa shape index (κ3) is 2.49. The summed E-state index contributed by atoms with van der Waals surface area (Å²) in [5.74, 6) is 1.54. The van der Waals surface area contributed by atoms with Gasteiger partial charge in [-0.2, -0.15) is 0 Å². The van der Waals surface area contributed by atoms with Crippen molar-refractivity contribution in [2.24, 2.45) is 11.7 Å². The highest BCUT2D eigenvalue weighted by molar-refractivity contribution is 5.84. The van der Waals surface area contributed by atoms with Gasteiger partial charge in [0.05, 0.1) is 11.6 Å². The van der Waals surface area contributed by atoms with Crippen LogP contribution >= 0.6 is 0 Å². The molecule has 20 heavy (non-hydrogen) atoms.